The number of amides is 1. The number of nitrogens with one attached hydrogen (secondary N) is 1. The van der Waals surface area contributed by atoms with Crippen LogP contribution in [0.1, 0.15) is 18.4 Å². The Morgan fingerprint density at radius 2 is 1.59 bits per heavy atom. The lowest BCUT2D eigenvalue weighted by Gasteiger charge is -2.18. The topological polar surface area (TPSA) is 138 Å². The van der Waals surface area contributed by atoms with Crippen molar-refractivity contribution >= 4 is 31.7 Å². The fourth-order valence-electron chi connectivity index (χ4n) is 2.82. The van der Waals surface area contributed by atoms with Gasteiger partial charge in [0.15, 0.2) is 0 Å². The molecule has 0 aliphatic carbocycles. The molecule has 1 amide bonds. The zero-order chi connectivity index (χ0) is 25.7. The molecule has 0 unspecified atom stereocenters. The number of carboxylic acid groups (broad SMARTS) is 1. The van der Waals surface area contributed by atoms with E-state index in [2.05, 4.69) is 0 Å². The molecule has 0 heterocycles. The largest absolute Gasteiger partial charge is 0.481 e. The summed E-state index contributed by atoms with van der Waals surface area (Å²) in [6.45, 7) is -0.758. The number of sulfonamides is 1. The third-order valence-electron chi connectivity index (χ3n) is 4.63. The maximum atomic E-state index is 13.5. The molecular weight excluding hydrogens is 501 g/mol. The van der Waals surface area contributed by atoms with Gasteiger partial charge in [-0.3, -0.25) is 9.59 Å². The van der Waals surface area contributed by atoms with Crippen molar-refractivity contribution < 1.29 is 44.7 Å². The zero-order valence-corrected chi connectivity index (χ0v) is 19.4. The Kier molecular flexibility index (Phi) is 8.45. The van der Waals surface area contributed by atoms with E-state index in [4.69, 9.17) is 5.11 Å². The molecular formula is C20H21F3N2O7S2. The van der Waals surface area contributed by atoms with E-state index in [1.54, 1.807) is 0 Å². The number of halogens is 3. The van der Waals surface area contributed by atoms with E-state index in [1.807, 2.05) is 4.72 Å². The number of hydrogen-bond acceptors (Lipinski definition) is 6. The van der Waals surface area contributed by atoms with Crippen LogP contribution >= 0.6 is 0 Å². The van der Waals surface area contributed by atoms with Crippen LogP contribution < -0.4 is 4.72 Å². The summed E-state index contributed by atoms with van der Waals surface area (Å²) in [5.74, 6) is -1.80. The minimum atomic E-state index is -5.09. The molecule has 0 aliphatic heterocycles. The van der Waals surface area contributed by atoms with E-state index < -0.39 is 66.2 Å². The molecule has 34 heavy (non-hydrogen) atoms. The van der Waals surface area contributed by atoms with Gasteiger partial charge in [0.05, 0.1) is 26.7 Å². The average molecular weight is 523 g/mol. The number of rotatable bonds is 10. The molecule has 0 aliphatic rings. The van der Waals surface area contributed by atoms with Crippen LogP contribution in [-0.2, 0) is 35.6 Å². The van der Waals surface area contributed by atoms with Crippen molar-refractivity contribution in [2.45, 2.75) is 33.7 Å². The van der Waals surface area contributed by atoms with Crippen molar-refractivity contribution in [1.29, 1.82) is 0 Å². The van der Waals surface area contributed by atoms with Crippen molar-refractivity contribution in [2.24, 2.45) is 0 Å². The highest BCUT2D eigenvalue weighted by molar-refractivity contribution is 7.91. The number of aliphatic carboxylic acids is 1. The summed E-state index contributed by atoms with van der Waals surface area (Å²) in [5, 5.41) is 8.60. The van der Waals surface area contributed by atoms with Gasteiger partial charge < -0.3 is 10.0 Å². The zero-order valence-electron chi connectivity index (χ0n) is 17.7. The summed E-state index contributed by atoms with van der Waals surface area (Å²) in [7, 11) is -7.89. The average Bonchev–Trinajstić information content (AvgIpc) is 2.76. The summed E-state index contributed by atoms with van der Waals surface area (Å²) in [4.78, 5) is 21.2. The first-order chi connectivity index (χ1) is 15.7. The molecule has 186 valence electrons. The Morgan fingerprint density at radius 3 is 2.15 bits per heavy atom. The number of carboxylic acids is 1. The number of benzene rings is 2. The summed E-state index contributed by atoms with van der Waals surface area (Å²) in [6.07, 6.45) is -5.87. The minimum Gasteiger partial charge on any atom is -0.481 e. The van der Waals surface area contributed by atoms with Gasteiger partial charge in [-0.05, 0) is 30.3 Å². The monoisotopic (exact) mass is 522 g/mol. The molecule has 2 rings (SSSR count). The Morgan fingerprint density at radius 1 is 0.971 bits per heavy atom. The van der Waals surface area contributed by atoms with E-state index in [1.165, 1.54) is 37.4 Å². The first-order valence-electron chi connectivity index (χ1n) is 9.63. The van der Waals surface area contributed by atoms with Crippen LogP contribution in [0.5, 0.6) is 0 Å². The Labute approximate surface area is 194 Å². The quantitative estimate of drug-likeness (QED) is 0.488. The van der Waals surface area contributed by atoms with Gasteiger partial charge in [0, 0.05) is 26.6 Å². The number of hydrogen-bond donors (Lipinski definition) is 2. The fraction of sp³-hybridized carbons (Fsp3) is 0.300. The molecule has 2 N–H and O–H groups in total. The maximum Gasteiger partial charge on any atom is 0.417 e. The van der Waals surface area contributed by atoms with Crippen molar-refractivity contribution in [1.82, 2.24) is 9.62 Å². The van der Waals surface area contributed by atoms with Gasteiger partial charge in [-0.2, -0.15) is 13.2 Å². The van der Waals surface area contributed by atoms with Crippen LogP contribution in [0.2, 0.25) is 0 Å². The molecule has 0 radical (unpaired) electrons. The number of sulfone groups is 1. The van der Waals surface area contributed by atoms with E-state index >= 15 is 0 Å². The third-order valence-corrected chi connectivity index (χ3v) is 7.90. The number of alkyl halides is 3. The third kappa shape index (κ3) is 6.77. The number of carbonyl (C=O) groups excluding carboxylic acids is 1. The molecule has 14 heteroatoms. The highest BCUT2D eigenvalue weighted by Crippen LogP contribution is 2.36. The van der Waals surface area contributed by atoms with Gasteiger partial charge in [0.2, 0.25) is 25.8 Å². The molecule has 0 saturated heterocycles. The standard InChI is InChI=1S/C20H21F3N2O7S2/c1-25(18(26)9-10-19(27)28)12-11-24-34(31,32)17-13-15(7-8-16(17)20(21,22)23)33(29,30)14-5-3-2-4-6-14/h2-8,13,24H,9-12H2,1H3,(H,27,28). The van der Waals surface area contributed by atoms with Crippen LogP contribution in [0.25, 0.3) is 0 Å². The van der Waals surface area contributed by atoms with E-state index in [0.29, 0.717) is 18.2 Å². The molecule has 2 aromatic rings. The number of carbonyl (C=O) groups is 2. The normalized spacial score (nSPS) is 12.4. The lowest BCUT2D eigenvalue weighted by atomic mass is 10.2. The smallest absolute Gasteiger partial charge is 0.417 e. The molecule has 0 spiro atoms. The van der Waals surface area contributed by atoms with Gasteiger partial charge >= 0.3 is 12.1 Å². The second-order valence-corrected chi connectivity index (χ2v) is 10.8. The van der Waals surface area contributed by atoms with Gasteiger partial charge in [-0.25, -0.2) is 21.6 Å². The van der Waals surface area contributed by atoms with Gasteiger partial charge in [0.1, 0.15) is 0 Å². The summed E-state index contributed by atoms with van der Waals surface area (Å²) in [6, 6.07) is 8.29. The van der Waals surface area contributed by atoms with Crippen LogP contribution in [-0.4, -0.2) is 58.9 Å². The lowest BCUT2D eigenvalue weighted by molar-refractivity contribution is -0.140. The Bertz CT molecular complexity index is 1260. The SMILES string of the molecule is CN(CCNS(=O)(=O)c1cc(S(=O)(=O)c2ccccc2)ccc1C(F)(F)F)C(=O)CCC(=O)O. The van der Waals surface area contributed by atoms with Crippen LogP contribution in [0.15, 0.2) is 63.2 Å². The second kappa shape index (κ2) is 10.5. The van der Waals surface area contributed by atoms with Crippen molar-refractivity contribution in [3.8, 4) is 0 Å². The maximum absolute atomic E-state index is 13.5. The summed E-state index contributed by atoms with van der Waals surface area (Å²) >= 11 is 0. The molecule has 0 saturated carbocycles. The first-order valence-corrected chi connectivity index (χ1v) is 12.6. The number of likely N-dealkylation sites (N-methyl/N-ethyl adjacent to an activating group) is 1. The summed E-state index contributed by atoms with van der Waals surface area (Å²) < 4.78 is 93.4. The van der Waals surface area contributed by atoms with E-state index in [9.17, 15) is 39.6 Å². The summed E-state index contributed by atoms with van der Waals surface area (Å²) in [5.41, 5.74) is -1.56. The first kappa shape index (κ1) is 27.3. The van der Waals surface area contributed by atoms with Crippen LogP contribution in [0, 0.1) is 0 Å². The van der Waals surface area contributed by atoms with E-state index in [-0.39, 0.29) is 17.9 Å². The van der Waals surface area contributed by atoms with Crippen LogP contribution in [0.4, 0.5) is 13.2 Å². The second-order valence-electron chi connectivity index (χ2n) is 7.08. The highest BCUT2D eigenvalue weighted by Gasteiger charge is 2.38. The predicted molar refractivity (Wildman–Crippen MR) is 113 cm³/mol. The van der Waals surface area contributed by atoms with Crippen LogP contribution in [0.3, 0.4) is 0 Å². The van der Waals surface area contributed by atoms with Crippen molar-refractivity contribution in [3.05, 3.63) is 54.1 Å². The predicted octanol–water partition coefficient (Wildman–Crippen LogP) is 2.14. The molecule has 0 atom stereocenters. The van der Waals surface area contributed by atoms with Crippen molar-refractivity contribution in [2.75, 3.05) is 20.1 Å². The van der Waals surface area contributed by atoms with Crippen molar-refractivity contribution in [3.63, 3.8) is 0 Å². The fourth-order valence-corrected chi connectivity index (χ4v) is 5.47. The van der Waals surface area contributed by atoms with E-state index in [0.717, 1.165) is 4.90 Å². The highest BCUT2D eigenvalue weighted by atomic mass is 32.2. The number of nitrogens with zero attached hydrogens (tertiary/aromatic N) is 1. The van der Waals surface area contributed by atoms with Gasteiger partial charge in [-0.1, -0.05) is 18.2 Å². The Balaban J connectivity index is 2.33. The molecule has 9 nitrogen and oxygen atoms in total. The molecule has 2 aromatic carbocycles. The van der Waals surface area contributed by atoms with Gasteiger partial charge in [0.25, 0.3) is 0 Å². The Hall–Kier alpha value is -2.97. The lowest BCUT2D eigenvalue weighted by Crippen LogP contribution is -2.36. The minimum absolute atomic E-state index is 0.229. The molecule has 0 bridgehead atoms. The molecule has 0 aromatic heterocycles. The van der Waals surface area contributed by atoms with Gasteiger partial charge in [-0.15, -0.1) is 0 Å². The molecule has 0 fully saturated rings.